The lowest BCUT2D eigenvalue weighted by Crippen LogP contribution is -2.04. The highest BCUT2D eigenvalue weighted by Crippen LogP contribution is 2.26. The molecule has 0 bridgehead atoms. The molecular weight excluding hydrogens is 263 g/mol. The van der Waals surface area contributed by atoms with Crippen molar-refractivity contribution in [3.63, 3.8) is 0 Å². The van der Waals surface area contributed by atoms with Crippen LogP contribution in [0.5, 0.6) is 5.75 Å². The van der Waals surface area contributed by atoms with Crippen molar-refractivity contribution in [3.8, 4) is 5.75 Å². The summed E-state index contributed by atoms with van der Waals surface area (Å²) in [5.74, 6) is 0.136. The van der Waals surface area contributed by atoms with Crippen LogP contribution in [0, 0.1) is 15.9 Å². The van der Waals surface area contributed by atoms with Crippen molar-refractivity contribution in [1.29, 1.82) is 0 Å². The predicted molar refractivity (Wildman–Crippen MR) is 73.4 cm³/mol. The van der Waals surface area contributed by atoms with Crippen molar-refractivity contribution in [1.82, 2.24) is 0 Å². The van der Waals surface area contributed by atoms with Crippen molar-refractivity contribution in [3.05, 3.63) is 64.0 Å². The van der Waals surface area contributed by atoms with Crippen LogP contribution in [-0.4, -0.2) is 12.0 Å². The quantitative estimate of drug-likeness (QED) is 0.671. The summed E-state index contributed by atoms with van der Waals surface area (Å²) in [7, 11) is 1.55. The van der Waals surface area contributed by atoms with Gasteiger partial charge in [0.1, 0.15) is 17.3 Å². The molecule has 0 aliphatic rings. The summed E-state index contributed by atoms with van der Waals surface area (Å²) in [6.07, 6.45) is 0. The number of nitrogens with zero attached hydrogens (tertiary/aromatic N) is 1. The second-order valence-electron chi connectivity index (χ2n) is 4.08. The number of halogens is 1. The molecule has 0 atom stereocenters. The zero-order valence-corrected chi connectivity index (χ0v) is 10.8. The summed E-state index contributed by atoms with van der Waals surface area (Å²) >= 11 is 0. The Balaban J connectivity index is 2.22. The number of nitro groups is 1. The fraction of sp³-hybridized carbons (Fsp3) is 0.143. The Morgan fingerprint density at radius 1 is 1.30 bits per heavy atom. The zero-order valence-electron chi connectivity index (χ0n) is 10.8. The zero-order chi connectivity index (χ0) is 14.5. The first-order chi connectivity index (χ1) is 9.61. The van der Waals surface area contributed by atoms with E-state index in [2.05, 4.69) is 5.32 Å². The van der Waals surface area contributed by atoms with Crippen LogP contribution in [0.2, 0.25) is 0 Å². The van der Waals surface area contributed by atoms with Crippen molar-refractivity contribution >= 4 is 11.4 Å². The standard InChI is InChI=1S/C14H13FN2O3/c1-20-14-5-3-2-4-10(14)9-16-12-8-11(15)6-7-13(12)17(18)19/h2-8,16H,9H2,1H3. The lowest BCUT2D eigenvalue weighted by molar-refractivity contribution is -0.384. The smallest absolute Gasteiger partial charge is 0.292 e. The topological polar surface area (TPSA) is 64.4 Å². The first-order valence-corrected chi connectivity index (χ1v) is 5.91. The van der Waals surface area contributed by atoms with Crippen molar-refractivity contribution in [2.45, 2.75) is 6.54 Å². The molecule has 5 nitrogen and oxygen atoms in total. The fourth-order valence-electron chi connectivity index (χ4n) is 1.85. The van der Waals surface area contributed by atoms with Gasteiger partial charge in [-0.05, 0) is 12.1 Å². The van der Waals surface area contributed by atoms with Gasteiger partial charge in [0.2, 0.25) is 0 Å². The molecule has 0 spiro atoms. The number of hydrogen-bond acceptors (Lipinski definition) is 4. The van der Waals surface area contributed by atoms with Gasteiger partial charge in [-0.15, -0.1) is 0 Å². The number of anilines is 1. The summed E-state index contributed by atoms with van der Waals surface area (Å²) in [5.41, 5.74) is 0.802. The van der Waals surface area contributed by atoms with E-state index in [0.717, 1.165) is 23.8 Å². The van der Waals surface area contributed by atoms with Crippen LogP contribution in [0.1, 0.15) is 5.56 Å². The van der Waals surface area contributed by atoms with Gasteiger partial charge in [0, 0.05) is 24.2 Å². The van der Waals surface area contributed by atoms with E-state index in [-0.39, 0.29) is 11.4 Å². The molecule has 0 amide bonds. The highest BCUT2D eigenvalue weighted by Gasteiger charge is 2.14. The summed E-state index contributed by atoms with van der Waals surface area (Å²) in [6.45, 7) is 0.300. The Kier molecular flexibility index (Phi) is 4.14. The number of benzene rings is 2. The molecule has 1 N–H and O–H groups in total. The highest BCUT2D eigenvalue weighted by molar-refractivity contribution is 5.61. The Morgan fingerprint density at radius 3 is 2.75 bits per heavy atom. The molecule has 6 heteroatoms. The highest BCUT2D eigenvalue weighted by atomic mass is 19.1. The van der Waals surface area contributed by atoms with E-state index in [1.807, 2.05) is 18.2 Å². The third kappa shape index (κ3) is 3.03. The maximum atomic E-state index is 13.2. The lowest BCUT2D eigenvalue weighted by atomic mass is 10.2. The average molecular weight is 276 g/mol. The maximum Gasteiger partial charge on any atom is 0.292 e. The summed E-state index contributed by atoms with van der Waals surface area (Å²) in [4.78, 5) is 10.3. The second kappa shape index (κ2) is 6.01. The van der Waals surface area contributed by atoms with Gasteiger partial charge in [-0.3, -0.25) is 10.1 Å². The molecule has 2 aromatic carbocycles. The Bertz CT molecular complexity index is 632. The molecule has 20 heavy (non-hydrogen) atoms. The van der Waals surface area contributed by atoms with Gasteiger partial charge in [-0.2, -0.15) is 0 Å². The van der Waals surface area contributed by atoms with Gasteiger partial charge >= 0.3 is 0 Å². The van der Waals surface area contributed by atoms with E-state index in [0.29, 0.717) is 12.3 Å². The van der Waals surface area contributed by atoms with Crippen LogP contribution < -0.4 is 10.1 Å². The molecule has 0 saturated carbocycles. The van der Waals surface area contributed by atoms with E-state index in [1.165, 1.54) is 0 Å². The van der Waals surface area contributed by atoms with Gasteiger partial charge in [0.25, 0.3) is 5.69 Å². The SMILES string of the molecule is COc1ccccc1CNc1cc(F)ccc1[N+](=O)[O-]. The van der Waals surface area contributed by atoms with Gasteiger partial charge in [0.05, 0.1) is 12.0 Å². The minimum Gasteiger partial charge on any atom is -0.496 e. The monoisotopic (exact) mass is 276 g/mol. The third-order valence-electron chi connectivity index (χ3n) is 2.82. The minimum atomic E-state index is -0.552. The number of para-hydroxylation sites is 1. The minimum absolute atomic E-state index is 0.140. The van der Waals surface area contributed by atoms with Gasteiger partial charge < -0.3 is 10.1 Å². The Morgan fingerprint density at radius 2 is 2.05 bits per heavy atom. The fourth-order valence-corrected chi connectivity index (χ4v) is 1.85. The molecule has 0 aliphatic carbocycles. The number of hydrogen-bond donors (Lipinski definition) is 1. The number of rotatable bonds is 5. The maximum absolute atomic E-state index is 13.2. The Hall–Kier alpha value is -2.63. The molecule has 0 radical (unpaired) electrons. The van der Waals surface area contributed by atoms with Crippen molar-refractivity contribution in [2.24, 2.45) is 0 Å². The predicted octanol–water partition coefficient (Wildman–Crippen LogP) is 3.35. The van der Waals surface area contributed by atoms with E-state index >= 15 is 0 Å². The number of nitrogens with one attached hydrogen (secondary N) is 1. The van der Waals surface area contributed by atoms with Crippen molar-refractivity contribution < 1.29 is 14.1 Å². The van der Waals surface area contributed by atoms with Gasteiger partial charge in [0.15, 0.2) is 0 Å². The first kappa shape index (κ1) is 13.8. The second-order valence-corrected chi connectivity index (χ2v) is 4.08. The molecular formula is C14H13FN2O3. The van der Waals surface area contributed by atoms with Gasteiger partial charge in [-0.25, -0.2) is 4.39 Å². The van der Waals surface area contributed by atoms with Crippen molar-refractivity contribution in [2.75, 3.05) is 12.4 Å². The van der Waals surface area contributed by atoms with Gasteiger partial charge in [-0.1, -0.05) is 18.2 Å². The molecule has 0 heterocycles. The average Bonchev–Trinajstić information content (AvgIpc) is 2.45. The van der Waals surface area contributed by atoms with E-state index in [9.17, 15) is 14.5 Å². The normalized spacial score (nSPS) is 10.1. The third-order valence-corrected chi connectivity index (χ3v) is 2.82. The molecule has 2 rings (SSSR count). The van der Waals surface area contributed by atoms with Crippen LogP contribution >= 0.6 is 0 Å². The van der Waals surface area contributed by atoms with Crippen LogP contribution in [0.4, 0.5) is 15.8 Å². The van der Waals surface area contributed by atoms with Crippen LogP contribution in [-0.2, 0) is 6.54 Å². The van der Waals surface area contributed by atoms with Crippen LogP contribution in [0.15, 0.2) is 42.5 Å². The van der Waals surface area contributed by atoms with E-state index in [4.69, 9.17) is 4.74 Å². The summed E-state index contributed by atoms with van der Waals surface area (Å²) in [6, 6.07) is 10.6. The number of ether oxygens (including phenoxy) is 1. The first-order valence-electron chi connectivity index (χ1n) is 5.91. The Labute approximate surface area is 115 Å². The lowest BCUT2D eigenvalue weighted by Gasteiger charge is -2.10. The summed E-state index contributed by atoms with van der Waals surface area (Å²) in [5, 5.41) is 13.8. The molecule has 0 aliphatic heterocycles. The number of nitro benzene ring substituents is 1. The van der Waals surface area contributed by atoms with E-state index in [1.54, 1.807) is 13.2 Å². The molecule has 0 fully saturated rings. The van der Waals surface area contributed by atoms with Crippen LogP contribution in [0.25, 0.3) is 0 Å². The molecule has 0 unspecified atom stereocenters. The number of methoxy groups -OCH3 is 1. The molecule has 0 saturated heterocycles. The van der Waals surface area contributed by atoms with Crippen LogP contribution in [0.3, 0.4) is 0 Å². The molecule has 104 valence electrons. The molecule has 2 aromatic rings. The summed E-state index contributed by atoms with van der Waals surface area (Å²) < 4.78 is 18.4. The van der Waals surface area contributed by atoms with E-state index < -0.39 is 10.7 Å². The molecule has 0 aromatic heterocycles. The largest absolute Gasteiger partial charge is 0.496 e.